The second kappa shape index (κ2) is 7.80. The van der Waals surface area contributed by atoms with Gasteiger partial charge in [-0.1, -0.05) is 24.3 Å². The maximum absolute atomic E-state index is 13.1. The summed E-state index contributed by atoms with van der Waals surface area (Å²) in [6.07, 6.45) is 2.66. The summed E-state index contributed by atoms with van der Waals surface area (Å²) >= 11 is 0. The van der Waals surface area contributed by atoms with E-state index in [9.17, 15) is 14.4 Å². The predicted octanol–water partition coefficient (Wildman–Crippen LogP) is 1.59. The van der Waals surface area contributed by atoms with Crippen LogP contribution in [0.1, 0.15) is 33.0 Å². The Morgan fingerprint density at radius 2 is 1.57 bits per heavy atom. The first-order valence-electron chi connectivity index (χ1n) is 9.53. The van der Waals surface area contributed by atoms with Gasteiger partial charge in [-0.25, -0.2) is 4.98 Å². The van der Waals surface area contributed by atoms with Crippen molar-refractivity contribution in [1.82, 2.24) is 14.8 Å². The van der Waals surface area contributed by atoms with Crippen LogP contribution in [0, 0.1) is 0 Å². The van der Waals surface area contributed by atoms with E-state index in [2.05, 4.69) is 4.98 Å². The summed E-state index contributed by atoms with van der Waals surface area (Å²) in [5.74, 6) is -0.396. The number of rotatable bonds is 3. The summed E-state index contributed by atoms with van der Waals surface area (Å²) < 4.78 is 0. The zero-order valence-electron chi connectivity index (χ0n) is 15.6. The summed E-state index contributed by atoms with van der Waals surface area (Å²) in [5.41, 5.74) is 2.61. The van der Waals surface area contributed by atoms with Crippen molar-refractivity contribution in [2.24, 2.45) is 0 Å². The third-order valence-electron chi connectivity index (χ3n) is 5.29. The van der Waals surface area contributed by atoms with E-state index < -0.39 is 0 Å². The number of aromatic nitrogens is 1. The number of nitrogens with zero attached hydrogens (tertiary/aromatic N) is 4. The third kappa shape index (κ3) is 3.47. The Morgan fingerprint density at radius 1 is 0.857 bits per heavy atom. The molecule has 28 heavy (non-hydrogen) atoms. The van der Waals surface area contributed by atoms with Crippen molar-refractivity contribution >= 4 is 23.9 Å². The number of aryl methyl sites for hydroxylation is 1. The van der Waals surface area contributed by atoms with Gasteiger partial charge in [0.1, 0.15) is 11.4 Å². The highest BCUT2D eigenvalue weighted by Gasteiger charge is 2.26. The van der Waals surface area contributed by atoms with Crippen molar-refractivity contribution in [2.45, 2.75) is 12.8 Å². The lowest BCUT2D eigenvalue weighted by molar-refractivity contribution is -0.119. The quantitative estimate of drug-likeness (QED) is 0.761. The second-order valence-electron chi connectivity index (χ2n) is 7.03. The largest absolute Gasteiger partial charge is 0.342 e. The molecule has 0 radical (unpaired) electrons. The van der Waals surface area contributed by atoms with Crippen LogP contribution in [0.15, 0.2) is 42.5 Å². The minimum Gasteiger partial charge on any atom is -0.342 e. The Morgan fingerprint density at radius 3 is 2.32 bits per heavy atom. The summed E-state index contributed by atoms with van der Waals surface area (Å²) in [4.78, 5) is 46.1. The molecular formula is C21H22N4O3. The maximum atomic E-state index is 13.1. The van der Waals surface area contributed by atoms with Crippen molar-refractivity contribution < 1.29 is 14.4 Å². The zero-order chi connectivity index (χ0) is 19.5. The fraction of sp³-hybridized carbons (Fsp3) is 0.333. The number of para-hydroxylation sites is 1. The molecule has 1 aromatic carbocycles. The summed E-state index contributed by atoms with van der Waals surface area (Å²) in [6.45, 7) is 2.61. The van der Waals surface area contributed by atoms with Crippen molar-refractivity contribution in [1.29, 1.82) is 0 Å². The van der Waals surface area contributed by atoms with Crippen molar-refractivity contribution in [3.63, 3.8) is 0 Å². The molecule has 0 N–H and O–H groups in total. The van der Waals surface area contributed by atoms with E-state index in [1.165, 1.54) is 0 Å². The van der Waals surface area contributed by atoms with Crippen LogP contribution in [0.3, 0.4) is 0 Å². The van der Waals surface area contributed by atoms with Gasteiger partial charge in [-0.05, 0) is 36.6 Å². The first-order chi connectivity index (χ1) is 13.7. The summed E-state index contributed by atoms with van der Waals surface area (Å²) in [7, 11) is 0. The molecule has 2 aromatic rings. The number of hydrogen-bond donors (Lipinski definition) is 0. The highest BCUT2D eigenvalue weighted by Crippen LogP contribution is 2.27. The molecule has 3 amide bonds. The van der Waals surface area contributed by atoms with Crippen LogP contribution < -0.4 is 4.90 Å². The molecule has 2 aliphatic heterocycles. The number of benzene rings is 1. The van der Waals surface area contributed by atoms with Gasteiger partial charge in [0.25, 0.3) is 11.8 Å². The molecular weight excluding hydrogens is 356 g/mol. The van der Waals surface area contributed by atoms with Gasteiger partial charge in [0, 0.05) is 38.4 Å². The van der Waals surface area contributed by atoms with E-state index >= 15 is 0 Å². The average molecular weight is 378 g/mol. The Hall–Kier alpha value is -3.22. The molecule has 0 unspecified atom stereocenters. The lowest BCUT2D eigenvalue weighted by Crippen LogP contribution is -2.48. The number of pyridine rings is 1. The molecule has 0 bridgehead atoms. The van der Waals surface area contributed by atoms with E-state index in [-0.39, 0.29) is 23.2 Å². The minimum absolute atomic E-state index is 0.187. The number of anilines is 1. The number of amides is 3. The molecule has 7 heteroatoms. The van der Waals surface area contributed by atoms with Gasteiger partial charge in [-0.3, -0.25) is 14.4 Å². The van der Waals surface area contributed by atoms with Gasteiger partial charge in [0.05, 0.1) is 0 Å². The van der Waals surface area contributed by atoms with Gasteiger partial charge < -0.3 is 14.7 Å². The third-order valence-corrected chi connectivity index (χ3v) is 5.29. The molecule has 0 aliphatic carbocycles. The topological polar surface area (TPSA) is 73.8 Å². The monoisotopic (exact) mass is 378 g/mol. The zero-order valence-corrected chi connectivity index (χ0v) is 15.6. The van der Waals surface area contributed by atoms with Crippen LogP contribution >= 0.6 is 0 Å². The summed E-state index contributed by atoms with van der Waals surface area (Å²) in [5, 5.41) is 0. The fourth-order valence-electron chi connectivity index (χ4n) is 3.75. The smallest absolute Gasteiger partial charge is 0.276 e. The number of carbonyl (C=O) groups excluding carboxylic acids is 3. The van der Waals surface area contributed by atoms with Crippen LogP contribution in [0.25, 0.3) is 0 Å². The molecule has 144 valence electrons. The minimum atomic E-state index is -0.209. The van der Waals surface area contributed by atoms with Crippen LogP contribution in [0.4, 0.5) is 5.69 Å². The molecule has 7 nitrogen and oxygen atoms in total. The van der Waals surface area contributed by atoms with Crippen molar-refractivity contribution in [3.8, 4) is 0 Å². The Kier molecular flexibility index (Phi) is 5.06. The van der Waals surface area contributed by atoms with E-state index in [4.69, 9.17) is 0 Å². The molecule has 4 rings (SSSR count). The van der Waals surface area contributed by atoms with Gasteiger partial charge in [0.2, 0.25) is 6.41 Å². The van der Waals surface area contributed by atoms with Crippen LogP contribution in [0.2, 0.25) is 0 Å². The summed E-state index contributed by atoms with van der Waals surface area (Å²) in [6, 6.07) is 12.9. The van der Waals surface area contributed by atoms with E-state index in [0.29, 0.717) is 32.7 Å². The van der Waals surface area contributed by atoms with Crippen LogP contribution in [-0.2, 0) is 11.2 Å². The Bertz CT molecular complexity index is 906. The maximum Gasteiger partial charge on any atom is 0.276 e. The normalized spacial score (nSPS) is 16.5. The van der Waals surface area contributed by atoms with Gasteiger partial charge in [0.15, 0.2) is 0 Å². The highest BCUT2D eigenvalue weighted by molar-refractivity contribution is 6.06. The molecule has 0 saturated carbocycles. The molecule has 0 atom stereocenters. The standard InChI is InChI=1S/C21H22N4O3/c26-15-23-11-13-24(14-12-23)20(27)17-7-3-8-18(22-17)21(28)25-10-4-6-16-5-1-2-9-19(16)25/h1-3,5,7-9,15H,4,6,10-14H2. The first-order valence-corrected chi connectivity index (χ1v) is 9.53. The van der Waals surface area contributed by atoms with E-state index in [0.717, 1.165) is 30.5 Å². The first kappa shape index (κ1) is 18.2. The number of piperazine rings is 1. The molecule has 1 fully saturated rings. The molecule has 1 aromatic heterocycles. The molecule has 2 aliphatic rings. The molecule has 3 heterocycles. The average Bonchev–Trinajstić information content (AvgIpc) is 2.78. The van der Waals surface area contributed by atoms with Crippen molar-refractivity contribution in [2.75, 3.05) is 37.6 Å². The van der Waals surface area contributed by atoms with E-state index in [1.54, 1.807) is 32.9 Å². The van der Waals surface area contributed by atoms with Crippen LogP contribution in [0.5, 0.6) is 0 Å². The molecule has 0 spiro atoms. The highest BCUT2D eigenvalue weighted by atomic mass is 16.2. The Labute approximate surface area is 163 Å². The lowest BCUT2D eigenvalue weighted by Gasteiger charge is -2.32. The van der Waals surface area contributed by atoms with Gasteiger partial charge in [-0.2, -0.15) is 0 Å². The fourth-order valence-corrected chi connectivity index (χ4v) is 3.75. The number of fused-ring (bicyclic) bond motifs is 1. The lowest BCUT2D eigenvalue weighted by atomic mass is 10.0. The number of carbonyl (C=O) groups is 3. The van der Waals surface area contributed by atoms with E-state index in [1.807, 2.05) is 24.3 Å². The van der Waals surface area contributed by atoms with Crippen molar-refractivity contribution in [3.05, 3.63) is 59.4 Å². The predicted molar refractivity (Wildman–Crippen MR) is 104 cm³/mol. The Balaban J connectivity index is 1.54. The molecule has 1 saturated heterocycles. The van der Waals surface area contributed by atoms with Gasteiger partial charge in [-0.15, -0.1) is 0 Å². The van der Waals surface area contributed by atoms with Crippen LogP contribution in [-0.4, -0.2) is 65.7 Å². The second-order valence-corrected chi connectivity index (χ2v) is 7.03. The van der Waals surface area contributed by atoms with Gasteiger partial charge >= 0.3 is 0 Å². The SMILES string of the molecule is O=CN1CCN(C(=O)c2cccc(C(=O)N3CCCc4ccccc43)n2)CC1. The number of hydrogen-bond acceptors (Lipinski definition) is 4.